The SMILES string of the molecule is CC[C@@H](C)Nc1nc(NCCN2CCOCC2)cc(-c2ccccc2)n1. The smallest absolute Gasteiger partial charge is 0.225 e. The van der Waals surface area contributed by atoms with Gasteiger partial charge in [0, 0.05) is 43.9 Å². The summed E-state index contributed by atoms with van der Waals surface area (Å²) >= 11 is 0. The average molecular weight is 355 g/mol. The second kappa shape index (κ2) is 9.50. The summed E-state index contributed by atoms with van der Waals surface area (Å²) in [5.41, 5.74) is 2.03. The molecule has 6 nitrogen and oxygen atoms in total. The molecule has 1 atom stereocenters. The molecule has 0 radical (unpaired) electrons. The van der Waals surface area contributed by atoms with Crippen molar-refractivity contribution in [1.29, 1.82) is 0 Å². The predicted octanol–water partition coefficient (Wildman–Crippen LogP) is 3.10. The molecule has 26 heavy (non-hydrogen) atoms. The lowest BCUT2D eigenvalue weighted by Crippen LogP contribution is -2.39. The lowest BCUT2D eigenvalue weighted by Gasteiger charge is -2.26. The van der Waals surface area contributed by atoms with Crippen LogP contribution in [-0.4, -0.2) is 60.3 Å². The van der Waals surface area contributed by atoms with Crippen LogP contribution in [0.25, 0.3) is 11.3 Å². The fourth-order valence-electron chi connectivity index (χ4n) is 2.85. The van der Waals surface area contributed by atoms with Crippen LogP contribution in [0.2, 0.25) is 0 Å². The summed E-state index contributed by atoms with van der Waals surface area (Å²) in [6, 6.07) is 12.6. The minimum Gasteiger partial charge on any atom is -0.379 e. The third kappa shape index (κ3) is 5.41. The number of anilines is 2. The first-order valence-electron chi connectivity index (χ1n) is 9.49. The molecular weight excluding hydrogens is 326 g/mol. The normalized spacial score (nSPS) is 16.2. The third-order valence-corrected chi connectivity index (χ3v) is 4.62. The van der Waals surface area contributed by atoms with E-state index in [1.807, 2.05) is 24.3 Å². The molecular formula is C20H29N5O. The van der Waals surface area contributed by atoms with Crippen LogP contribution in [0.3, 0.4) is 0 Å². The molecule has 2 heterocycles. The largest absolute Gasteiger partial charge is 0.379 e. The molecule has 3 rings (SSSR count). The van der Waals surface area contributed by atoms with Gasteiger partial charge in [-0.1, -0.05) is 37.3 Å². The fourth-order valence-corrected chi connectivity index (χ4v) is 2.85. The van der Waals surface area contributed by atoms with Gasteiger partial charge in [-0.25, -0.2) is 4.98 Å². The van der Waals surface area contributed by atoms with E-state index in [1.165, 1.54) is 0 Å². The van der Waals surface area contributed by atoms with Crippen LogP contribution in [0.1, 0.15) is 20.3 Å². The van der Waals surface area contributed by atoms with Crippen molar-refractivity contribution >= 4 is 11.8 Å². The highest BCUT2D eigenvalue weighted by Gasteiger charge is 2.11. The van der Waals surface area contributed by atoms with Gasteiger partial charge >= 0.3 is 0 Å². The van der Waals surface area contributed by atoms with E-state index in [0.29, 0.717) is 12.0 Å². The number of aromatic nitrogens is 2. The molecule has 0 unspecified atom stereocenters. The zero-order valence-electron chi connectivity index (χ0n) is 15.7. The number of hydrogen-bond acceptors (Lipinski definition) is 6. The molecule has 0 amide bonds. The van der Waals surface area contributed by atoms with E-state index in [2.05, 4.69) is 46.5 Å². The molecule has 2 aromatic rings. The molecule has 0 saturated carbocycles. The standard InChI is InChI=1S/C20H29N5O/c1-3-16(2)22-20-23-18(17-7-5-4-6-8-17)15-19(24-20)21-9-10-25-11-13-26-14-12-25/h4-8,15-16H,3,9-14H2,1-2H3,(H2,21,22,23,24)/t16-/m1/s1. The summed E-state index contributed by atoms with van der Waals surface area (Å²) < 4.78 is 5.40. The van der Waals surface area contributed by atoms with E-state index in [4.69, 9.17) is 9.72 Å². The maximum Gasteiger partial charge on any atom is 0.225 e. The number of nitrogens with one attached hydrogen (secondary N) is 2. The molecule has 140 valence electrons. The van der Waals surface area contributed by atoms with Gasteiger partial charge in [-0.15, -0.1) is 0 Å². The van der Waals surface area contributed by atoms with E-state index in [1.54, 1.807) is 0 Å². The number of morpholine rings is 1. The van der Waals surface area contributed by atoms with E-state index in [9.17, 15) is 0 Å². The molecule has 1 aromatic heterocycles. The first-order chi connectivity index (χ1) is 12.7. The molecule has 1 aliphatic rings. The topological polar surface area (TPSA) is 62.3 Å². The summed E-state index contributed by atoms with van der Waals surface area (Å²) in [4.78, 5) is 11.8. The minimum absolute atomic E-state index is 0.335. The Bertz CT molecular complexity index is 673. The van der Waals surface area contributed by atoms with Crippen LogP contribution >= 0.6 is 0 Å². The van der Waals surface area contributed by atoms with Crippen molar-refractivity contribution in [3.63, 3.8) is 0 Å². The summed E-state index contributed by atoms with van der Waals surface area (Å²) in [6.45, 7) is 9.80. The maximum absolute atomic E-state index is 5.40. The lowest BCUT2D eigenvalue weighted by atomic mass is 10.1. The van der Waals surface area contributed by atoms with Crippen molar-refractivity contribution in [1.82, 2.24) is 14.9 Å². The van der Waals surface area contributed by atoms with Gasteiger partial charge in [-0.3, -0.25) is 4.90 Å². The van der Waals surface area contributed by atoms with Gasteiger partial charge in [0.15, 0.2) is 0 Å². The summed E-state index contributed by atoms with van der Waals surface area (Å²) in [5, 5.41) is 6.85. The predicted molar refractivity (Wildman–Crippen MR) is 107 cm³/mol. The number of benzene rings is 1. The number of hydrogen-bond donors (Lipinski definition) is 2. The Morgan fingerprint density at radius 1 is 1.15 bits per heavy atom. The Morgan fingerprint density at radius 3 is 2.65 bits per heavy atom. The van der Waals surface area contributed by atoms with E-state index in [0.717, 1.165) is 62.9 Å². The van der Waals surface area contributed by atoms with Gasteiger partial charge in [-0.05, 0) is 13.3 Å². The molecule has 0 spiro atoms. The third-order valence-electron chi connectivity index (χ3n) is 4.62. The van der Waals surface area contributed by atoms with Crippen LogP contribution in [0.4, 0.5) is 11.8 Å². The molecule has 1 aliphatic heterocycles. The zero-order valence-corrected chi connectivity index (χ0v) is 15.7. The zero-order chi connectivity index (χ0) is 18.2. The van der Waals surface area contributed by atoms with Crippen LogP contribution in [0.15, 0.2) is 36.4 Å². The van der Waals surface area contributed by atoms with Crippen molar-refractivity contribution < 1.29 is 4.74 Å². The summed E-state index contributed by atoms with van der Waals surface area (Å²) in [7, 11) is 0. The lowest BCUT2D eigenvalue weighted by molar-refractivity contribution is 0.0398. The quantitative estimate of drug-likeness (QED) is 0.759. The Balaban J connectivity index is 1.71. The number of ether oxygens (including phenoxy) is 1. The van der Waals surface area contributed by atoms with Gasteiger partial charge in [0.2, 0.25) is 5.95 Å². The Morgan fingerprint density at radius 2 is 1.92 bits per heavy atom. The molecule has 6 heteroatoms. The molecule has 1 saturated heterocycles. The van der Waals surface area contributed by atoms with Crippen LogP contribution in [-0.2, 0) is 4.74 Å². The van der Waals surface area contributed by atoms with Crippen LogP contribution in [0, 0.1) is 0 Å². The number of nitrogens with zero attached hydrogens (tertiary/aromatic N) is 3. The first-order valence-corrected chi connectivity index (χ1v) is 9.49. The van der Waals surface area contributed by atoms with Crippen molar-refractivity contribution in [2.24, 2.45) is 0 Å². The van der Waals surface area contributed by atoms with Gasteiger partial charge in [0.25, 0.3) is 0 Å². The van der Waals surface area contributed by atoms with Crippen molar-refractivity contribution in [3.8, 4) is 11.3 Å². The number of rotatable bonds is 8. The Hall–Kier alpha value is -2.18. The minimum atomic E-state index is 0.335. The highest BCUT2D eigenvalue weighted by atomic mass is 16.5. The monoisotopic (exact) mass is 355 g/mol. The van der Waals surface area contributed by atoms with Crippen LogP contribution < -0.4 is 10.6 Å². The van der Waals surface area contributed by atoms with Crippen molar-refractivity contribution in [2.45, 2.75) is 26.3 Å². The van der Waals surface area contributed by atoms with Gasteiger partial charge in [0.05, 0.1) is 18.9 Å². The first kappa shape index (κ1) is 18.6. The molecule has 0 bridgehead atoms. The second-order valence-corrected chi connectivity index (χ2v) is 6.66. The Kier molecular flexibility index (Phi) is 6.80. The fraction of sp³-hybridized carbons (Fsp3) is 0.500. The molecule has 0 aliphatic carbocycles. The van der Waals surface area contributed by atoms with Crippen molar-refractivity contribution in [3.05, 3.63) is 36.4 Å². The van der Waals surface area contributed by atoms with Gasteiger partial charge in [0.1, 0.15) is 5.82 Å². The average Bonchev–Trinajstić information content (AvgIpc) is 2.69. The maximum atomic E-state index is 5.40. The van der Waals surface area contributed by atoms with E-state index in [-0.39, 0.29) is 0 Å². The van der Waals surface area contributed by atoms with Gasteiger partial charge < -0.3 is 15.4 Å². The molecule has 2 N–H and O–H groups in total. The van der Waals surface area contributed by atoms with Crippen molar-refractivity contribution in [2.75, 3.05) is 50.0 Å². The van der Waals surface area contributed by atoms with Crippen LogP contribution in [0.5, 0.6) is 0 Å². The Labute approximate surface area is 156 Å². The summed E-state index contributed by atoms with van der Waals surface area (Å²) in [6.07, 6.45) is 1.03. The summed E-state index contributed by atoms with van der Waals surface area (Å²) in [5.74, 6) is 1.53. The van der Waals surface area contributed by atoms with Gasteiger partial charge in [-0.2, -0.15) is 4.98 Å². The highest BCUT2D eigenvalue weighted by Crippen LogP contribution is 2.21. The molecule has 1 aromatic carbocycles. The molecule has 1 fully saturated rings. The second-order valence-electron chi connectivity index (χ2n) is 6.66. The highest BCUT2D eigenvalue weighted by molar-refractivity contribution is 5.64. The van der Waals surface area contributed by atoms with E-state index < -0.39 is 0 Å². The van der Waals surface area contributed by atoms with E-state index >= 15 is 0 Å².